The van der Waals surface area contributed by atoms with Crippen LogP contribution < -0.4 is 5.32 Å². The molecule has 1 aromatic heterocycles. The summed E-state index contributed by atoms with van der Waals surface area (Å²) in [4.78, 5) is 29.2. The number of hydrogen-bond acceptors (Lipinski definition) is 3. The van der Waals surface area contributed by atoms with Crippen molar-refractivity contribution in [3.05, 3.63) is 30.1 Å². The molecule has 1 aliphatic rings. The van der Waals surface area contributed by atoms with Gasteiger partial charge in [0.1, 0.15) is 0 Å². The van der Waals surface area contributed by atoms with E-state index in [4.69, 9.17) is 0 Å². The first kappa shape index (κ1) is 12.5. The number of nitrogens with one attached hydrogen (secondary N) is 1. The maximum absolute atomic E-state index is 12.0. The van der Waals surface area contributed by atoms with Gasteiger partial charge in [0.05, 0.1) is 5.92 Å². The fraction of sp³-hybridized carbons (Fsp3) is 0.462. The number of nitrogens with zero attached hydrogens (tertiary/aromatic N) is 2. The fourth-order valence-corrected chi connectivity index (χ4v) is 1.94. The zero-order valence-corrected chi connectivity index (χ0v) is 10.6. The van der Waals surface area contributed by atoms with Crippen LogP contribution in [0.2, 0.25) is 0 Å². The molecule has 2 atom stereocenters. The van der Waals surface area contributed by atoms with Crippen LogP contribution in [0.4, 0.5) is 4.79 Å². The lowest BCUT2D eigenvalue weighted by molar-refractivity contribution is -0.134. The van der Waals surface area contributed by atoms with E-state index in [2.05, 4.69) is 10.3 Å². The van der Waals surface area contributed by atoms with Crippen molar-refractivity contribution in [2.24, 2.45) is 5.92 Å². The third-order valence-electron chi connectivity index (χ3n) is 3.32. The second kappa shape index (κ2) is 5.16. The molecule has 0 radical (unpaired) electrons. The molecular weight excluding hydrogens is 230 g/mol. The number of carbonyl (C=O) groups is 2. The molecule has 0 saturated carbocycles. The SMILES string of the molecule is CC1NC(=O)N(CCc2ccccn2)C(=O)C1C. The van der Waals surface area contributed by atoms with E-state index in [1.54, 1.807) is 6.20 Å². The van der Waals surface area contributed by atoms with Crippen LogP contribution in [0.25, 0.3) is 0 Å². The molecular formula is C13H17N3O2. The lowest BCUT2D eigenvalue weighted by atomic mass is 10.00. The number of aromatic nitrogens is 1. The molecule has 2 unspecified atom stereocenters. The monoisotopic (exact) mass is 247 g/mol. The van der Waals surface area contributed by atoms with E-state index < -0.39 is 0 Å². The lowest BCUT2D eigenvalue weighted by Crippen LogP contribution is -2.58. The van der Waals surface area contributed by atoms with Crippen molar-refractivity contribution in [1.82, 2.24) is 15.2 Å². The van der Waals surface area contributed by atoms with Gasteiger partial charge < -0.3 is 5.32 Å². The Bertz CT molecular complexity index is 447. The Morgan fingerprint density at radius 1 is 1.33 bits per heavy atom. The summed E-state index contributed by atoms with van der Waals surface area (Å²) in [6.07, 6.45) is 2.29. The summed E-state index contributed by atoms with van der Waals surface area (Å²) in [5.41, 5.74) is 0.879. The molecule has 5 nitrogen and oxygen atoms in total. The Morgan fingerprint density at radius 3 is 2.78 bits per heavy atom. The Morgan fingerprint density at radius 2 is 2.11 bits per heavy atom. The van der Waals surface area contributed by atoms with Crippen LogP contribution in [0.15, 0.2) is 24.4 Å². The van der Waals surface area contributed by atoms with Gasteiger partial charge in [-0.25, -0.2) is 4.79 Å². The van der Waals surface area contributed by atoms with Gasteiger partial charge in [0, 0.05) is 30.9 Å². The quantitative estimate of drug-likeness (QED) is 0.873. The van der Waals surface area contributed by atoms with Crippen molar-refractivity contribution in [3.63, 3.8) is 0 Å². The standard InChI is InChI=1S/C13H17N3O2/c1-9-10(2)15-13(18)16(12(9)17)8-6-11-5-3-4-7-14-11/h3-5,7,9-10H,6,8H2,1-2H3,(H,15,18). The summed E-state index contributed by atoms with van der Waals surface area (Å²) in [7, 11) is 0. The minimum atomic E-state index is -0.304. The third-order valence-corrected chi connectivity index (χ3v) is 3.32. The normalized spacial score (nSPS) is 24.0. The highest BCUT2D eigenvalue weighted by molar-refractivity contribution is 5.98. The maximum atomic E-state index is 12.0. The van der Waals surface area contributed by atoms with Crippen molar-refractivity contribution < 1.29 is 9.59 Å². The number of hydrogen-bond donors (Lipinski definition) is 1. The van der Waals surface area contributed by atoms with Crippen LogP contribution in [0.1, 0.15) is 19.5 Å². The van der Waals surface area contributed by atoms with Crippen molar-refractivity contribution in [2.45, 2.75) is 26.3 Å². The second-order valence-corrected chi connectivity index (χ2v) is 4.59. The predicted octanol–water partition coefficient (Wildman–Crippen LogP) is 1.20. The number of urea groups is 1. The van der Waals surface area contributed by atoms with E-state index in [0.717, 1.165) is 5.69 Å². The number of amides is 3. The highest BCUT2D eigenvalue weighted by Gasteiger charge is 2.35. The third kappa shape index (κ3) is 2.50. The average Bonchev–Trinajstić information content (AvgIpc) is 2.37. The molecule has 3 amide bonds. The van der Waals surface area contributed by atoms with Gasteiger partial charge in [0.2, 0.25) is 5.91 Å². The Labute approximate surface area is 106 Å². The van der Waals surface area contributed by atoms with Gasteiger partial charge in [0.15, 0.2) is 0 Å². The van der Waals surface area contributed by atoms with Crippen LogP contribution in [-0.4, -0.2) is 34.4 Å². The molecule has 1 aliphatic heterocycles. The number of rotatable bonds is 3. The first-order valence-electron chi connectivity index (χ1n) is 6.11. The zero-order valence-electron chi connectivity index (χ0n) is 10.6. The summed E-state index contributed by atoms with van der Waals surface area (Å²) >= 11 is 0. The summed E-state index contributed by atoms with van der Waals surface area (Å²) in [6.45, 7) is 4.05. The van der Waals surface area contributed by atoms with Crippen LogP contribution in [0.3, 0.4) is 0 Å². The smallest absolute Gasteiger partial charge is 0.324 e. The summed E-state index contributed by atoms with van der Waals surface area (Å²) in [5, 5.41) is 2.79. The summed E-state index contributed by atoms with van der Waals surface area (Å²) in [6, 6.07) is 5.22. The van der Waals surface area contributed by atoms with Gasteiger partial charge in [-0.05, 0) is 19.1 Å². The number of carbonyl (C=O) groups excluding carboxylic acids is 2. The molecule has 5 heteroatoms. The van der Waals surface area contributed by atoms with E-state index >= 15 is 0 Å². The first-order chi connectivity index (χ1) is 8.59. The molecule has 18 heavy (non-hydrogen) atoms. The highest BCUT2D eigenvalue weighted by atomic mass is 16.2. The average molecular weight is 247 g/mol. The summed E-state index contributed by atoms with van der Waals surface area (Å²) < 4.78 is 0. The van der Waals surface area contributed by atoms with Gasteiger partial charge in [-0.3, -0.25) is 14.7 Å². The van der Waals surface area contributed by atoms with Crippen LogP contribution in [0, 0.1) is 5.92 Å². The van der Waals surface area contributed by atoms with Gasteiger partial charge in [-0.1, -0.05) is 13.0 Å². The van der Waals surface area contributed by atoms with Crippen molar-refractivity contribution in [3.8, 4) is 0 Å². The van der Waals surface area contributed by atoms with Crippen LogP contribution in [0.5, 0.6) is 0 Å². The second-order valence-electron chi connectivity index (χ2n) is 4.59. The molecule has 0 bridgehead atoms. The van der Waals surface area contributed by atoms with Gasteiger partial charge in [-0.2, -0.15) is 0 Å². The Kier molecular flexibility index (Phi) is 3.60. The maximum Gasteiger partial charge on any atom is 0.324 e. The van der Waals surface area contributed by atoms with Gasteiger partial charge in [-0.15, -0.1) is 0 Å². The Balaban J connectivity index is 2.00. The van der Waals surface area contributed by atoms with Gasteiger partial charge >= 0.3 is 6.03 Å². The molecule has 0 aliphatic carbocycles. The van der Waals surface area contributed by atoms with Crippen molar-refractivity contribution >= 4 is 11.9 Å². The van der Waals surface area contributed by atoms with Crippen molar-refractivity contribution in [1.29, 1.82) is 0 Å². The van der Waals surface area contributed by atoms with Crippen LogP contribution >= 0.6 is 0 Å². The van der Waals surface area contributed by atoms with E-state index in [0.29, 0.717) is 13.0 Å². The minimum absolute atomic E-state index is 0.101. The van der Waals surface area contributed by atoms with E-state index in [1.807, 2.05) is 32.0 Å². The molecule has 0 spiro atoms. The topological polar surface area (TPSA) is 62.3 Å². The first-order valence-corrected chi connectivity index (χ1v) is 6.11. The largest absolute Gasteiger partial charge is 0.334 e. The fourth-order valence-electron chi connectivity index (χ4n) is 1.94. The summed E-state index contributed by atoms with van der Waals surface area (Å²) in [5.74, 6) is -0.284. The molecule has 1 aromatic rings. The van der Waals surface area contributed by atoms with Crippen molar-refractivity contribution in [2.75, 3.05) is 6.54 Å². The van der Waals surface area contributed by atoms with Gasteiger partial charge in [0.25, 0.3) is 0 Å². The van der Waals surface area contributed by atoms with Crippen LogP contribution in [-0.2, 0) is 11.2 Å². The molecule has 1 fully saturated rings. The minimum Gasteiger partial charge on any atom is -0.334 e. The zero-order chi connectivity index (χ0) is 13.1. The molecule has 1 saturated heterocycles. The number of pyridine rings is 1. The highest BCUT2D eigenvalue weighted by Crippen LogP contribution is 2.14. The molecule has 96 valence electrons. The van der Waals surface area contributed by atoms with E-state index in [9.17, 15) is 9.59 Å². The Hall–Kier alpha value is -1.91. The molecule has 2 heterocycles. The lowest BCUT2D eigenvalue weighted by Gasteiger charge is -2.34. The van der Waals surface area contributed by atoms with E-state index in [1.165, 1.54) is 4.90 Å². The molecule has 2 rings (SSSR count). The number of imide groups is 1. The van der Waals surface area contributed by atoms with E-state index in [-0.39, 0.29) is 23.9 Å². The molecule has 1 N–H and O–H groups in total. The predicted molar refractivity (Wildman–Crippen MR) is 66.8 cm³/mol. The molecule has 0 aromatic carbocycles.